The monoisotopic (exact) mass is 943 g/mol. The topological polar surface area (TPSA) is 78.9 Å². The number of rotatable bonds is 55. The molecule has 0 bridgehead atoms. The number of carbonyl (C=O) groups excluding carboxylic acids is 3. The molecule has 0 amide bonds. The summed E-state index contributed by atoms with van der Waals surface area (Å²) in [5.74, 6) is -0.877. The maximum Gasteiger partial charge on any atom is 0.306 e. The van der Waals surface area contributed by atoms with Gasteiger partial charge >= 0.3 is 17.9 Å². The van der Waals surface area contributed by atoms with E-state index in [4.69, 9.17) is 14.2 Å². The van der Waals surface area contributed by atoms with Crippen LogP contribution in [0, 0.1) is 0 Å². The zero-order valence-corrected chi connectivity index (χ0v) is 45.2. The minimum atomic E-state index is -0.774. The number of hydrogen-bond acceptors (Lipinski definition) is 6. The maximum atomic E-state index is 12.8. The van der Waals surface area contributed by atoms with Gasteiger partial charge in [-0.15, -0.1) is 0 Å². The van der Waals surface area contributed by atoms with E-state index in [1.165, 1.54) is 212 Å². The van der Waals surface area contributed by atoms with Crippen molar-refractivity contribution >= 4 is 17.9 Å². The zero-order chi connectivity index (χ0) is 48.6. The predicted molar refractivity (Wildman–Crippen MR) is 289 cm³/mol. The van der Waals surface area contributed by atoms with Crippen LogP contribution >= 0.6 is 0 Å². The molecule has 1 atom stereocenters. The Balaban J connectivity index is 4.08. The fourth-order valence-corrected chi connectivity index (χ4v) is 8.88. The molecular weight excluding hydrogens is 829 g/mol. The van der Waals surface area contributed by atoms with Gasteiger partial charge in [0.05, 0.1) is 0 Å². The molecular formula is C61H114O6. The molecule has 0 saturated heterocycles. The molecule has 0 saturated carbocycles. The second kappa shape index (κ2) is 56.5. The SMILES string of the molecule is CCCC/C=C\CCCCCCCC(=O)OCC(COC(=O)CCCCCCCCCCCCCCCCCCCCCCCCCCCCC)OC(=O)CCCCCCC/C=C\CCCC. The highest BCUT2D eigenvalue weighted by Crippen LogP contribution is 2.17. The van der Waals surface area contributed by atoms with Crippen LogP contribution < -0.4 is 0 Å². The van der Waals surface area contributed by atoms with Crippen LogP contribution in [0.1, 0.15) is 329 Å². The first-order valence-electron chi connectivity index (χ1n) is 29.8. The van der Waals surface area contributed by atoms with E-state index in [0.717, 1.165) is 77.0 Å². The van der Waals surface area contributed by atoms with Crippen LogP contribution in [-0.4, -0.2) is 37.2 Å². The number of hydrogen-bond donors (Lipinski definition) is 0. The highest BCUT2D eigenvalue weighted by atomic mass is 16.6. The molecule has 0 aromatic rings. The molecule has 0 radical (unpaired) electrons. The molecule has 67 heavy (non-hydrogen) atoms. The van der Waals surface area contributed by atoms with Crippen LogP contribution in [0.5, 0.6) is 0 Å². The third-order valence-electron chi connectivity index (χ3n) is 13.4. The molecule has 0 aliphatic carbocycles. The lowest BCUT2D eigenvalue weighted by atomic mass is 10.0. The first kappa shape index (κ1) is 64.9. The van der Waals surface area contributed by atoms with Crippen molar-refractivity contribution in [1.29, 1.82) is 0 Å². The second-order valence-electron chi connectivity index (χ2n) is 20.3. The van der Waals surface area contributed by atoms with E-state index in [-0.39, 0.29) is 31.1 Å². The fourth-order valence-electron chi connectivity index (χ4n) is 8.88. The smallest absolute Gasteiger partial charge is 0.306 e. The van der Waals surface area contributed by atoms with Crippen LogP contribution in [0.25, 0.3) is 0 Å². The molecule has 0 spiro atoms. The summed E-state index contributed by atoms with van der Waals surface area (Å²) in [4.78, 5) is 38.0. The average molecular weight is 944 g/mol. The van der Waals surface area contributed by atoms with Crippen LogP contribution in [0.15, 0.2) is 24.3 Å². The summed E-state index contributed by atoms with van der Waals surface area (Å²) < 4.78 is 16.8. The number of esters is 3. The van der Waals surface area contributed by atoms with Crippen LogP contribution in [0.4, 0.5) is 0 Å². The maximum absolute atomic E-state index is 12.8. The number of unbranched alkanes of at least 4 members (excludes halogenated alkanes) is 40. The molecule has 0 rings (SSSR count). The Morgan fingerprint density at radius 1 is 0.284 bits per heavy atom. The summed E-state index contributed by atoms with van der Waals surface area (Å²) in [6.45, 7) is 6.59. The van der Waals surface area contributed by atoms with Crippen LogP contribution in [0.2, 0.25) is 0 Å². The van der Waals surface area contributed by atoms with Gasteiger partial charge in [-0.25, -0.2) is 0 Å². The van der Waals surface area contributed by atoms with E-state index in [1.807, 2.05) is 0 Å². The van der Waals surface area contributed by atoms with Gasteiger partial charge in [0.2, 0.25) is 0 Å². The molecule has 0 aliphatic rings. The molecule has 6 heteroatoms. The summed E-state index contributed by atoms with van der Waals surface area (Å²) in [6, 6.07) is 0. The summed E-state index contributed by atoms with van der Waals surface area (Å²) >= 11 is 0. The highest BCUT2D eigenvalue weighted by molar-refractivity contribution is 5.71. The average Bonchev–Trinajstić information content (AvgIpc) is 3.33. The highest BCUT2D eigenvalue weighted by Gasteiger charge is 2.19. The number of carbonyl (C=O) groups is 3. The lowest BCUT2D eigenvalue weighted by Crippen LogP contribution is -2.30. The van der Waals surface area contributed by atoms with E-state index in [1.54, 1.807) is 0 Å². The number of ether oxygens (including phenoxy) is 3. The zero-order valence-electron chi connectivity index (χ0n) is 45.2. The molecule has 1 unspecified atom stereocenters. The van der Waals surface area contributed by atoms with E-state index in [0.29, 0.717) is 19.3 Å². The predicted octanol–water partition coefficient (Wildman–Crippen LogP) is 19.9. The van der Waals surface area contributed by atoms with Crippen molar-refractivity contribution < 1.29 is 28.6 Å². The third kappa shape index (κ3) is 54.7. The van der Waals surface area contributed by atoms with Crippen molar-refractivity contribution in [2.24, 2.45) is 0 Å². The quantitative estimate of drug-likeness (QED) is 0.0262. The van der Waals surface area contributed by atoms with Crippen molar-refractivity contribution in [1.82, 2.24) is 0 Å². The first-order valence-corrected chi connectivity index (χ1v) is 29.8. The van der Waals surface area contributed by atoms with Crippen molar-refractivity contribution in [3.8, 4) is 0 Å². The standard InChI is InChI=1S/C61H114O6/c1-4-7-10-13-16-19-22-23-24-25-26-27-28-29-30-31-32-33-34-35-36-37-40-42-45-48-51-54-60(63)66-57-58(67-61(64)55-52-49-46-43-39-21-18-15-12-9-6-3)56-65-59(62)53-50-47-44-41-38-20-17-14-11-8-5-2/h14-15,17-18,58H,4-13,16,19-57H2,1-3H3/b17-14-,18-15-. The Hall–Kier alpha value is -2.11. The van der Waals surface area contributed by atoms with Gasteiger partial charge < -0.3 is 14.2 Å². The molecule has 0 aliphatic heterocycles. The third-order valence-corrected chi connectivity index (χ3v) is 13.4. The van der Waals surface area contributed by atoms with Gasteiger partial charge in [-0.3, -0.25) is 14.4 Å². The van der Waals surface area contributed by atoms with Gasteiger partial charge in [0.15, 0.2) is 6.10 Å². The van der Waals surface area contributed by atoms with Crippen molar-refractivity contribution in [2.75, 3.05) is 13.2 Å². The lowest BCUT2D eigenvalue weighted by Gasteiger charge is -2.18. The van der Waals surface area contributed by atoms with Crippen molar-refractivity contribution in [3.05, 3.63) is 24.3 Å². The minimum absolute atomic E-state index is 0.0734. The summed E-state index contributed by atoms with van der Waals surface area (Å²) in [5, 5.41) is 0. The van der Waals surface area contributed by atoms with Gasteiger partial charge in [0.25, 0.3) is 0 Å². The summed E-state index contributed by atoms with van der Waals surface area (Å²) in [7, 11) is 0. The normalized spacial score (nSPS) is 12.1. The molecule has 6 nitrogen and oxygen atoms in total. The Labute approximate surface area is 417 Å². The van der Waals surface area contributed by atoms with Gasteiger partial charge in [-0.1, -0.05) is 276 Å². The largest absolute Gasteiger partial charge is 0.462 e. The van der Waals surface area contributed by atoms with Gasteiger partial charge in [-0.2, -0.15) is 0 Å². The van der Waals surface area contributed by atoms with Gasteiger partial charge in [-0.05, 0) is 57.8 Å². The molecule has 0 heterocycles. The van der Waals surface area contributed by atoms with Crippen molar-refractivity contribution in [3.63, 3.8) is 0 Å². The molecule has 394 valence electrons. The molecule has 0 aromatic carbocycles. The Morgan fingerprint density at radius 2 is 0.507 bits per heavy atom. The van der Waals surface area contributed by atoms with Crippen molar-refractivity contribution in [2.45, 2.75) is 335 Å². The van der Waals surface area contributed by atoms with Gasteiger partial charge in [0.1, 0.15) is 13.2 Å². The molecule has 0 N–H and O–H groups in total. The lowest BCUT2D eigenvalue weighted by molar-refractivity contribution is -0.167. The summed E-state index contributed by atoms with van der Waals surface area (Å²) in [5.41, 5.74) is 0. The van der Waals surface area contributed by atoms with E-state index in [2.05, 4.69) is 45.1 Å². The van der Waals surface area contributed by atoms with E-state index in [9.17, 15) is 14.4 Å². The van der Waals surface area contributed by atoms with Gasteiger partial charge in [0, 0.05) is 19.3 Å². The molecule has 0 aromatic heterocycles. The second-order valence-corrected chi connectivity index (χ2v) is 20.3. The molecule has 0 fully saturated rings. The van der Waals surface area contributed by atoms with Crippen LogP contribution in [-0.2, 0) is 28.6 Å². The Morgan fingerprint density at radius 3 is 0.791 bits per heavy atom. The minimum Gasteiger partial charge on any atom is -0.462 e. The van der Waals surface area contributed by atoms with E-state index < -0.39 is 6.10 Å². The van der Waals surface area contributed by atoms with E-state index >= 15 is 0 Å². The Bertz CT molecular complexity index is 1080. The fraction of sp³-hybridized carbons (Fsp3) is 0.885. The first-order chi connectivity index (χ1) is 33.0. The number of allylic oxidation sites excluding steroid dienone is 4. The van der Waals surface area contributed by atoms with Crippen LogP contribution in [0.3, 0.4) is 0 Å². The Kier molecular flexibility index (Phi) is 54.7. The summed E-state index contributed by atoms with van der Waals surface area (Å²) in [6.07, 6.45) is 66.3.